The smallest absolute Gasteiger partial charge is 0.0580 e. The van der Waals surface area contributed by atoms with E-state index in [2.05, 4.69) is 39.6 Å². The molecule has 2 heteroatoms. The molecule has 4 unspecified atom stereocenters. The molecular weight excluding hydrogens is 210 g/mol. The van der Waals surface area contributed by atoms with E-state index in [1.165, 1.54) is 19.3 Å². The Kier molecular flexibility index (Phi) is 5.94. The Hall–Kier alpha value is -0.0800. The van der Waals surface area contributed by atoms with E-state index in [4.69, 9.17) is 0 Å². The van der Waals surface area contributed by atoms with Crippen LogP contribution in [0, 0.1) is 17.8 Å². The third-order valence-electron chi connectivity index (χ3n) is 4.79. The minimum absolute atomic E-state index is 0.0727. The maximum atomic E-state index is 10.1. The normalized spacial score (nSPS) is 32.1. The van der Waals surface area contributed by atoms with Crippen molar-refractivity contribution in [3.63, 3.8) is 0 Å². The Morgan fingerprint density at radius 2 is 1.88 bits per heavy atom. The number of hydrogen-bond acceptors (Lipinski definition) is 2. The zero-order valence-electron chi connectivity index (χ0n) is 12.3. The highest BCUT2D eigenvalue weighted by Gasteiger charge is 2.31. The van der Waals surface area contributed by atoms with Gasteiger partial charge < -0.3 is 10.0 Å². The molecule has 0 heterocycles. The van der Waals surface area contributed by atoms with E-state index in [9.17, 15) is 5.11 Å². The second-order valence-electron chi connectivity index (χ2n) is 6.34. The number of aliphatic hydroxyl groups is 1. The van der Waals surface area contributed by atoms with Gasteiger partial charge in [-0.05, 0) is 57.4 Å². The van der Waals surface area contributed by atoms with Crippen molar-refractivity contribution in [2.24, 2.45) is 17.8 Å². The lowest BCUT2D eigenvalue weighted by molar-refractivity contribution is 0.0170. The first-order valence-electron chi connectivity index (χ1n) is 7.34. The van der Waals surface area contributed by atoms with Crippen LogP contribution in [-0.4, -0.2) is 35.7 Å². The van der Waals surface area contributed by atoms with Gasteiger partial charge in [0.15, 0.2) is 0 Å². The summed E-state index contributed by atoms with van der Waals surface area (Å²) in [5.41, 5.74) is 0. The van der Waals surface area contributed by atoms with E-state index in [1.54, 1.807) is 0 Å². The monoisotopic (exact) mass is 241 g/mol. The topological polar surface area (TPSA) is 23.5 Å². The Bertz CT molecular complexity index is 217. The highest BCUT2D eigenvalue weighted by atomic mass is 16.3. The van der Waals surface area contributed by atoms with Crippen LogP contribution < -0.4 is 0 Å². The van der Waals surface area contributed by atoms with E-state index in [-0.39, 0.29) is 6.10 Å². The summed E-state index contributed by atoms with van der Waals surface area (Å²) in [6.45, 7) is 10.2. The number of nitrogens with zero attached hydrogens (tertiary/aromatic N) is 1. The number of aliphatic hydroxyl groups excluding tert-OH is 1. The van der Waals surface area contributed by atoms with Crippen molar-refractivity contribution >= 4 is 0 Å². The van der Waals surface area contributed by atoms with Gasteiger partial charge in [-0.2, -0.15) is 0 Å². The molecule has 0 aliphatic heterocycles. The van der Waals surface area contributed by atoms with Crippen LogP contribution in [0.25, 0.3) is 0 Å². The van der Waals surface area contributed by atoms with Crippen LogP contribution in [0.4, 0.5) is 0 Å². The zero-order valence-corrected chi connectivity index (χ0v) is 12.3. The SMILES string of the molecule is CCC(C)N(C)CC1CC(C(C)C)CCC1O. The average molecular weight is 241 g/mol. The van der Waals surface area contributed by atoms with Gasteiger partial charge in [-0.15, -0.1) is 0 Å². The summed E-state index contributed by atoms with van der Waals surface area (Å²) in [5.74, 6) is 2.06. The number of rotatable bonds is 5. The second kappa shape index (κ2) is 6.75. The van der Waals surface area contributed by atoms with Crippen LogP contribution in [0.2, 0.25) is 0 Å². The van der Waals surface area contributed by atoms with Gasteiger partial charge in [-0.25, -0.2) is 0 Å². The molecule has 2 nitrogen and oxygen atoms in total. The Morgan fingerprint density at radius 1 is 1.24 bits per heavy atom. The van der Waals surface area contributed by atoms with Crippen molar-refractivity contribution in [3.05, 3.63) is 0 Å². The molecule has 1 rings (SSSR count). The van der Waals surface area contributed by atoms with Crippen molar-refractivity contribution in [3.8, 4) is 0 Å². The summed E-state index contributed by atoms with van der Waals surface area (Å²) < 4.78 is 0. The minimum Gasteiger partial charge on any atom is -0.393 e. The molecule has 0 aromatic heterocycles. The standard InChI is InChI=1S/C15H31NO/c1-6-12(4)16(5)10-14-9-13(11(2)3)7-8-15(14)17/h11-15,17H,6-10H2,1-5H3. The molecule has 0 aromatic rings. The van der Waals surface area contributed by atoms with Gasteiger partial charge in [-0.3, -0.25) is 0 Å². The van der Waals surface area contributed by atoms with E-state index >= 15 is 0 Å². The first-order valence-corrected chi connectivity index (χ1v) is 7.34. The van der Waals surface area contributed by atoms with Crippen molar-refractivity contribution in [2.75, 3.05) is 13.6 Å². The molecular formula is C15H31NO. The van der Waals surface area contributed by atoms with Gasteiger partial charge in [-0.1, -0.05) is 20.8 Å². The molecule has 0 spiro atoms. The predicted molar refractivity (Wildman–Crippen MR) is 74.1 cm³/mol. The molecule has 1 aliphatic rings. The molecule has 0 aromatic carbocycles. The molecule has 4 atom stereocenters. The minimum atomic E-state index is -0.0727. The molecule has 1 saturated carbocycles. The van der Waals surface area contributed by atoms with Crippen LogP contribution in [-0.2, 0) is 0 Å². The van der Waals surface area contributed by atoms with Crippen molar-refractivity contribution in [1.29, 1.82) is 0 Å². The lowest BCUT2D eigenvalue weighted by Gasteiger charge is -2.38. The fourth-order valence-corrected chi connectivity index (χ4v) is 2.95. The Labute approximate surface area is 107 Å². The molecule has 1 N–H and O–H groups in total. The third kappa shape index (κ3) is 4.26. The molecule has 0 radical (unpaired) electrons. The van der Waals surface area contributed by atoms with Gasteiger partial charge in [0.25, 0.3) is 0 Å². The van der Waals surface area contributed by atoms with Crippen molar-refractivity contribution in [2.45, 2.75) is 65.5 Å². The summed E-state index contributed by atoms with van der Waals surface area (Å²) in [6.07, 6.45) is 4.54. The summed E-state index contributed by atoms with van der Waals surface area (Å²) in [6, 6.07) is 0.627. The van der Waals surface area contributed by atoms with E-state index in [0.717, 1.165) is 24.8 Å². The van der Waals surface area contributed by atoms with E-state index in [1.807, 2.05) is 0 Å². The average Bonchev–Trinajstić information content (AvgIpc) is 2.30. The molecule has 0 amide bonds. The van der Waals surface area contributed by atoms with Gasteiger partial charge in [0.1, 0.15) is 0 Å². The molecule has 1 aliphatic carbocycles. The van der Waals surface area contributed by atoms with Crippen LogP contribution in [0.15, 0.2) is 0 Å². The molecule has 1 fully saturated rings. The van der Waals surface area contributed by atoms with Gasteiger partial charge in [0.05, 0.1) is 6.10 Å². The second-order valence-corrected chi connectivity index (χ2v) is 6.34. The summed E-state index contributed by atoms with van der Waals surface area (Å²) >= 11 is 0. The van der Waals surface area contributed by atoms with Crippen LogP contribution >= 0.6 is 0 Å². The molecule has 102 valence electrons. The lowest BCUT2D eigenvalue weighted by Crippen LogP contribution is -2.41. The Morgan fingerprint density at radius 3 is 2.41 bits per heavy atom. The van der Waals surface area contributed by atoms with Gasteiger partial charge >= 0.3 is 0 Å². The van der Waals surface area contributed by atoms with Crippen molar-refractivity contribution < 1.29 is 5.11 Å². The van der Waals surface area contributed by atoms with Gasteiger partial charge in [0.2, 0.25) is 0 Å². The molecule has 0 saturated heterocycles. The summed E-state index contributed by atoms with van der Waals surface area (Å²) in [5, 5.41) is 10.1. The zero-order chi connectivity index (χ0) is 13.0. The van der Waals surface area contributed by atoms with E-state index in [0.29, 0.717) is 12.0 Å². The highest BCUT2D eigenvalue weighted by molar-refractivity contribution is 4.83. The Balaban J connectivity index is 2.49. The van der Waals surface area contributed by atoms with Crippen LogP contribution in [0.3, 0.4) is 0 Å². The van der Waals surface area contributed by atoms with Crippen LogP contribution in [0.5, 0.6) is 0 Å². The van der Waals surface area contributed by atoms with E-state index < -0.39 is 0 Å². The first kappa shape index (κ1) is 15.0. The van der Waals surface area contributed by atoms with Crippen molar-refractivity contribution in [1.82, 2.24) is 4.90 Å². The third-order valence-corrected chi connectivity index (χ3v) is 4.79. The summed E-state index contributed by atoms with van der Waals surface area (Å²) in [7, 11) is 2.19. The predicted octanol–water partition coefficient (Wildman–Crippen LogP) is 3.15. The maximum Gasteiger partial charge on any atom is 0.0580 e. The molecule has 17 heavy (non-hydrogen) atoms. The first-order chi connectivity index (χ1) is 7.95. The molecule has 0 bridgehead atoms. The number of hydrogen-bond donors (Lipinski definition) is 1. The quantitative estimate of drug-likeness (QED) is 0.799. The highest BCUT2D eigenvalue weighted by Crippen LogP contribution is 2.34. The lowest BCUT2D eigenvalue weighted by atomic mass is 9.74. The summed E-state index contributed by atoms with van der Waals surface area (Å²) in [4.78, 5) is 2.41. The van der Waals surface area contributed by atoms with Gasteiger partial charge in [0, 0.05) is 12.6 Å². The fourth-order valence-electron chi connectivity index (χ4n) is 2.95. The van der Waals surface area contributed by atoms with Crippen LogP contribution in [0.1, 0.15) is 53.4 Å². The largest absolute Gasteiger partial charge is 0.393 e. The maximum absolute atomic E-state index is 10.1. The fraction of sp³-hybridized carbons (Fsp3) is 1.00.